The summed E-state index contributed by atoms with van der Waals surface area (Å²) < 4.78 is 0. The number of anilines is 3. The summed E-state index contributed by atoms with van der Waals surface area (Å²) in [6.45, 7) is 8.39. The average Bonchev–Trinajstić information content (AvgIpc) is 2.99. The quantitative estimate of drug-likeness (QED) is 0.604. The number of likely N-dealkylation sites (N-methyl/N-ethyl adjacent to an activating group) is 1. The zero-order valence-electron chi connectivity index (χ0n) is 16.5. The van der Waals surface area contributed by atoms with Crippen LogP contribution < -0.4 is 16.4 Å². The fourth-order valence-electron chi connectivity index (χ4n) is 3.36. The molecule has 2 aromatic carbocycles. The third-order valence-corrected chi connectivity index (χ3v) is 4.91. The van der Waals surface area contributed by atoms with Crippen LogP contribution in [0, 0.1) is 0 Å². The topological polar surface area (TPSA) is 87.2 Å². The van der Waals surface area contributed by atoms with E-state index in [1.807, 2.05) is 32.0 Å². The van der Waals surface area contributed by atoms with Crippen LogP contribution in [0.15, 0.2) is 36.4 Å². The van der Waals surface area contributed by atoms with Crippen molar-refractivity contribution in [2.75, 3.05) is 49.6 Å². The molecule has 1 fully saturated rings. The Morgan fingerprint density at radius 1 is 0.926 bits per heavy atom. The number of aromatic nitrogens is 2. The monoisotopic (exact) mass is 366 g/mol. The van der Waals surface area contributed by atoms with E-state index in [0.29, 0.717) is 11.4 Å². The molecule has 0 radical (unpaired) electrons. The summed E-state index contributed by atoms with van der Waals surface area (Å²) >= 11 is 0. The molecule has 6 nitrogen and oxygen atoms in total. The largest absolute Gasteiger partial charge is 0.397 e. The van der Waals surface area contributed by atoms with Gasteiger partial charge >= 0.3 is 0 Å². The van der Waals surface area contributed by atoms with E-state index in [9.17, 15) is 0 Å². The molecule has 1 aliphatic heterocycles. The van der Waals surface area contributed by atoms with Crippen LogP contribution >= 0.6 is 0 Å². The van der Waals surface area contributed by atoms with Crippen LogP contribution in [-0.4, -0.2) is 48.1 Å². The van der Waals surface area contributed by atoms with Crippen LogP contribution in [-0.2, 0) is 0 Å². The first-order chi connectivity index (χ1) is 13.1. The van der Waals surface area contributed by atoms with Gasteiger partial charge in [0.05, 0.1) is 22.4 Å². The van der Waals surface area contributed by atoms with Crippen LogP contribution in [0.25, 0.3) is 22.4 Å². The number of imidazole rings is 1. The van der Waals surface area contributed by atoms with Gasteiger partial charge in [-0.05, 0) is 56.4 Å². The molecule has 1 aliphatic rings. The summed E-state index contributed by atoms with van der Waals surface area (Å²) in [7, 11) is 2.19. The minimum Gasteiger partial charge on any atom is -0.397 e. The van der Waals surface area contributed by atoms with Gasteiger partial charge in [0.15, 0.2) is 0 Å². The van der Waals surface area contributed by atoms with Gasteiger partial charge in [-0.15, -0.1) is 0 Å². The van der Waals surface area contributed by atoms with E-state index in [-0.39, 0.29) is 0 Å². The van der Waals surface area contributed by atoms with Crippen LogP contribution in [0.4, 0.5) is 17.1 Å². The van der Waals surface area contributed by atoms with Gasteiger partial charge in [-0.3, -0.25) is 0 Å². The molecule has 0 aliphatic carbocycles. The fourth-order valence-corrected chi connectivity index (χ4v) is 3.36. The molecule has 1 aromatic heterocycles. The molecule has 0 atom stereocenters. The minimum atomic E-state index is 0.576. The van der Waals surface area contributed by atoms with E-state index in [1.54, 1.807) is 0 Å². The molecule has 5 N–H and O–H groups in total. The van der Waals surface area contributed by atoms with Crippen molar-refractivity contribution in [3.8, 4) is 11.4 Å². The number of hydrogen-bond donors (Lipinski definition) is 3. The van der Waals surface area contributed by atoms with Crippen LogP contribution in [0.5, 0.6) is 0 Å². The summed E-state index contributed by atoms with van der Waals surface area (Å²) in [5.41, 5.74) is 17.1. The molecule has 0 saturated carbocycles. The Kier molecular flexibility index (Phi) is 5.86. The van der Waals surface area contributed by atoms with Crippen molar-refractivity contribution in [2.45, 2.75) is 20.3 Å². The second-order valence-corrected chi connectivity index (χ2v) is 6.77. The fraction of sp³-hybridized carbons (Fsp3) is 0.381. The first kappa shape index (κ1) is 19.0. The lowest BCUT2D eigenvalue weighted by Crippen LogP contribution is -2.28. The highest BCUT2D eigenvalue weighted by Crippen LogP contribution is 2.27. The number of hydrogen-bond acceptors (Lipinski definition) is 5. The predicted molar refractivity (Wildman–Crippen MR) is 116 cm³/mol. The lowest BCUT2D eigenvalue weighted by molar-refractivity contribution is 0.360. The number of nitrogen functional groups attached to an aromatic ring is 2. The molecule has 1 saturated heterocycles. The van der Waals surface area contributed by atoms with E-state index in [2.05, 4.69) is 40.0 Å². The van der Waals surface area contributed by atoms with E-state index >= 15 is 0 Å². The zero-order valence-corrected chi connectivity index (χ0v) is 16.5. The summed E-state index contributed by atoms with van der Waals surface area (Å²) in [5, 5.41) is 0. The molecule has 2 heterocycles. The lowest BCUT2D eigenvalue weighted by atomic mass is 10.1. The number of nitrogens with zero attached hydrogens (tertiary/aromatic N) is 3. The van der Waals surface area contributed by atoms with Crippen LogP contribution in [0.2, 0.25) is 0 Å². The van der Waals surface area contributed by atoms with E-state index < -0.39 is 0 Å². The highest BCUT2D eigenvalue weighted by molar-refractivity contribution is 5.84. The van der Waals surface area contributed by atoms with Crippen molar-refractivity contribution in [1.29, 1.82) is 0 Å². The first-order valence-electron chi connectivity index (χ1n) is 9.69. The molecule has 0 amide bonds. The SMILES string of the molecule is CC.CN1CCCN(c2ccc3nc(-c4ccc(N)c(N)c4)[nH]c3c2)CC1. The third-order valence-electron chi connectivity index (χ3n) is 4.91. The Morgan fingerprint density at radius 3 is 2.52 bits per heavy atom. The van der Waals surface area contributed by atoms with Gasteiger partial charge in [-0.25, -0.2) is 4.98 Å². The average molecular weight is 367 g/mol. The normalized spacial score (nSPS) is 15.3. The van der Waals surface area contributed by atoms with Crippen molar-refractivity contribution < 1.29 is 0 Å². The molecule has 144 valence electrons. The Bertz CT molecular complexity index is 901. The number of rotatable bonds is 2. The zero-order chi connectivity index (χ0) is 19.4. The van der Waals surface area contributed by atoms with Gasteiger partial charge in [0, 0.05) is 30.9 Å². The lowest BCUT2D eigenvalue weighted by Gasteiger charge is -2.22. The van der Waals surface area contributed by atoms with Gasteiger partial charge in [-0.2, -0.15) is 0 Å². The van der Waals surface area contributed by atoms with Gasteiger partial charge in [-0.1, -0.05) is 13.8 Å². The van der Waals surface area contributed by atoms with Crippen LogP contribution in [0.1, 0.15) is 20.3 Å². The Balaban J connectivity index is 0.00000102. The molecule has 0 bridgehead atoms. The number of fused-ring (bicyclic) bond motifs is 1. The van der Waals surface area contributed by atoms with E-state index in [0.717, 1.165) is 48.6 Å². The molecular formula is C21H30N6. The van der Waals surface area contributed by atoms with Crippen molar-refractivity contribution in [3.05, 3.63) is 36.4 Å². The Labute approximate surface area is 161 Å². The molecule has 0 spiro atoms. The Hall–Kier alpha value is -2.73. The molecular weight excluding hydrogens is 336 g/mol. The third kappa shape index (κ3) is 4.17. The molecule has 0 unspecified atom stereocenters. The number of benzene rings is 2. The first-order valence-corrected chi connectivity index (χ1v) is 9.69. The van der Waals surface area contributed by atoms with Gasteiger partial charge in [0.1, 0.15) is 5.82 Å². The maximum atomic E-state index is 5.92. The van der Waals surface area contributed by atoms with Gasteiger partial charge < -0.3 is 26.3 Å². The van der Waals surface area contributed by atoms with Crippen molar-refractivity contribution in [2.24, 2.45) is 0 Å². The predicted octanol–water partition coefficient (Wildman–Crippen LogP) is 3.56. The van der Waals surface area contributed by atoms with E-state index in [4.69, 9.17) is 16.5 Å². The maximum absolute atomic E-state index is 5.92. The van der Waals surface area contributed by atoms with Crippen molar-refractivity contribution in [3.63, 3.8) is 0 Å². The van der Waals surface area contributed by atoms with E-state index in [1.165, 1.54) is 12.1 Å². The van der Waals surface area contributed by atoms with Crippen molar-refractivity contribution >= 4 is 28.1 Å². The highest BCUT2D eigenvalue weighted by atomic mass is 15.2. The Morgan fingerprint density at radius 2 is 1.74 bits per heavy atom. The number of nitrogens with two attached hydrogens (primary N) is 2. The minimum absolute atomic E-state index is 0.576. The number of nitrogens with one attached hydrogen (secondary N) is 1. The molecule has 27 heavy (non-hydrogen) atoms. The summed E-state index contributed by atoms with van der Waals surface area (Å²) in [5.74, 6) is 0.814. The summed E-state index contributed by atoms with van der Waals surface area (Å²) in [4.78, 5) is 12.9. The molecule has 4 rings (SSSR count). The summed E-state index contributed by atoms with van der Waals surface area (Å²) in [6, 6.07) is 12.1. The van der Waals surface area contributed by atoms with Gasteiger partial charge in [0.25, 0.3) is 0 Å². The smallest absolute Gasteiger partial charge is 0.138 e. The van der Waals surface area contributed by atoms with Gasteiger partial charge in [0.2, 0.25) is 0 Å². The second kappa shape index (κ2) is 8.31. The molecule has 3 aromatic rings. The van der Waals surface area contributed by atoms with Crippen LogP contribution in [0.3, 0.4) is 0 Å². The highest BCUT2D eigenvalue weighted by Gasteiger charge is 2.14. The molecule has 6 heteroatoms. The van der Waals surface area contributed by atoms with Crippen molar-refractivity contribution in [1.82, 2.24) is 14.9 Å². The number of aromatic amines is 1. The summed E-state index contributed by atoms with van der Waals surface area (Å²) in [6.07, 6.45) is 1.19. The maximum Gasteiger partial charge on any atom is 0.138 e. The second-order valence-electron chi connectivity index (χ2n) is 6.77. The standard InChI is InChI=1S/C19H24N6.C2H6/c1-24-7-2-8-25(10-9-24)14-4-6-17-18(12-14)23-19(22-17)13-3-5-15(20)16(21)11-13;1-2/h3-6,11-12H,2,7-10,20-21H2,1H3,(H,22,23);1-2H3. The number of H-pyrrole nitrogens is 1.